The minimum Gasteiger partial charge on any atom is -0.333 e. The molecule has 1 unspecified atom stereocenters. The maximum Gasteiger partial charge on any atom is 0.276 e. The first-order valence-corrected chi connectivity index (χ1v) is 9.93. The summed E-state index contributed by atoms with van der Waals surface area (Å²) in [5.74, 6) is 0.00598. The number of rotatable bonds is 4. The average molecular weight is 355 g/mol. The molecule has 1 aromatic heterocycles. The van der Waals surface area contributed by atoms with Crippen molar-refractivity contribution in [1.82, 2.24) is 10.3 Å². The van der Waals surface area contributed by atoms with Gasteiger partial charge in [0, 0.05) is 12.8 Å². The summed E-state index contributed by atoms with van der Waals surface area (Å²) in [5, 5.41) is 13.6. The van der Waals surface area contributed by atoms with E-state index in [0.717, 1.165) is 55.6 Å². The van der Waals surface area contributed by atoms with E-state index in [1.807, 2.05) is 18.2 Å². The molecule has 5 nitrogen and oxygen atoms in total. The number of amides is 1. The van der Waals surface area contributed by atoms with Crippen LogP contribution in [0.1, 0.15) is 49.6 Å². The molecular weight excluding hydrogens is 332 g/mol. The number of hydrogen-bond acceptors (Lipinski definition) is 4. The first-order chi connectivity index (χ1) is 12.2. The number of hydrogen-bond donors (Lipinski definition) is 2. The van der Waals surface area contributed by atoms with Crippen molar-refractivity contribution in [3.63, 3.8) is 0 Å². The first-order valence-electron chi connectivity index (χ1n) is 9.11. The lowest BCUT2D eigenvalue weighted by atomic mass is 10.00. The van der Waals surface area contributed by atoms with E-state index in [1.54, 1.807) is 11.3 Å². The summed E-state index contributed by atoms with van der Waals surface area (Å²) in [7, 11) is 0. The Morgan fingerprint density at radius 1 is 1.36 bits per heavy atom. The quantitative estimate of drug-likeness (QED) is 0.881. The monoisotopic (exact) mass is 355 g/mol. The number of nitrogens with one attached hydrogen (secondary N) is 2. The molecule has 1 amide bonds. The first kappa shape index (κ1) is 16.5. The number of carbonyl (C=O) groups is 1. The van der Waals surface area contributed by atoms with E-state index < -0.39 is 5.54 Å². The third-order valence-electron chi connectivity index (χ3n) is 5.53. The van der Waals surface area contributed by atoms with Crippen LogP contribution in [-0.2, 0) is 4.79 Å². The van der Waals surface area contributed by atoms with Crippen molar-refractivity contribution < 1.29 is 9.69 Å². The van der Waals surface area contributed by atoms with E-state index in [2.05, 4.69) is 17.5 Å². The number of carbonyl (C=O) groups excluding carboxylic acids is 1. The molecule has 0 radical (unpaired) electrons. The molecule has 1 saturated carbocycles. The molecule has 1 saturated heterocycles. The predicted octanol–water partition coefficient (Wildman–Crippen LogP) is 1.97. The third-order valence-corrected chi connectivity index (χ3v) is 6.68. The number of para-hydroxylation sites is 1. The van der Waals surface area contributed by atoms with Gasteiger partial charge in [-0.3, -0.25) is 4.79 Å². The fourth-order valence-corrected chi connectivity index (χ4v) is 5.38. The minimum atomic E-state index is -0.623. The average Bonchev–Trinajstić information content (AvgIpc) is 3.33. The molecule has 6 heteroatoms. The normalized spacial score (nSPS) is 25.1. The Balaban J connectivity index is 1.46. The highest BCUT2D eigenvalue weighted by Crippen LogP contribution is 2.30. The van der Waals surface area contributed by atoms with Crippen molar-refractivity contribution in [2.45, 2.75) is 50.1 Å². The molecule has 2 aromatic rings. The van der Waals surface area contributed by atoms with Gasteiger partial charge in [-0.15, -0.1) is 11.3 Å². The zero-order chi connectivity index (χ0) is 17.3. The number of nitriles is 1. The molecule has 1 aromatic carbocycles. The Morgan fingerprint density at radius 2 is 2.16 bits per heavy atom. The second-order valence-corrected chi connectivity index (χ2v) is 8.31. The van der Waals surface area contributed by atoms with Gasteiger partial charge in [-0.1, -0.05) is 12.1 Å². The smallest absolute Gasteiger partial charge is 0.276 e. The molecule has 0 spiro atoms. The second-order valence-electron chi connectivity index (χ2n) is 7.25. The summed E-state index contributed by atoms with van der Waals surface area (Å²) >= 11 is 1.75. The van der Waals surface area contributed by atoms with E-state index in [4.69, 9.17) is 4.98 Å². The van der Waals surface area contributed by atoms with Gasteiger partial charge in [0.05, 0.1) is 22.8 Å². The number of benzene rings is 1. The molecular formula is C19H23N4OS+. The fourth-order valence-electron chi connectivity index (χ4n) is 4.22. The third kappa shape index (κ3) is 3.26. The van der Waals surface area contributed by atoms with E-state index in [9.17, 15) is 10.1 Å². The van der Waals surface area contributed by atoms with Crippen molar-refractivity contribution in [2.24, 2.45) is 0 Å². The molecule has 2 heterocycles. The van der Waals surface area contributed by atoms with Crippen LogP contribution in [0.5, 0.6) is 0 Å². The van der Waals surface area contributed by atoms with E-state index in [0.29, 0.717) is 12.6 Å². The van der Waals surface area contributed by atoms with E-state index in [-0.39, 0.29) is 5.91 Å². The van der Waals surface area contributed by atoms with Gasteiger partial charge in [-0.05, 0) is 37.8 Å². The highest BCUT2D eigenvalue weighted by Gasteiger charge is 2.38. The van der Waals surface area contributed by atoms with Crippen molar-refractivity contribution in [2.75, 3.05) is 13.1 Å². The van der Waals surface area contributed by atoms with Gasteiger partial charge in [0.2, 0.25) is 0 Å². The van der Waals surface area contributed by atoms with Gasteiger partial charge in [0.25, 0.3) is 5.91 Å². The molecule has 4 rings (SSSR count). The lowest BCUT2D eigenvalue weighted by Gasteiger charge is -2.24. The summed E-state index contributed by atoms with van der Waals surface area (Å²) < 4.78 is 1.21. The van der Waals surface area contributed by atoms with Gasteiger partial charge in [0.1, 0.15) is 11.6 Å². The number of fused-ring (bicyclic) bond motifs is 1. The predicted molar refractivity (Wildman–Crippen MR) is 97.2 cm³/mol. The van der Waals surface area contributed by atoms with Crippen LogP contribution < -0.4 is 10.2 Å². The fraction of sp³-hybridized carbons (Fsp3) is 0.526. The standard InChI is InChI=1S/C19H22N4OS/c20-13-19(9-3-4-10-19)22-17(24)12-23-11-5-7-15(23)18-21-14-6-1-2-8-16(14)25-18/h1-2,6,8,15H,3-5,7,9-12H2,(H,22,24)/p+1/t15-/m1/s1. The maximum absolute atomic E-state index is 12.6. The lowest BCUT2D eigenvalue weighted by molar-refractivity contribution is -0.910. The maximum atomic E-state index is 12.6. The molecule has 2 aliphatic rings. The summed E-state index contributed by atoms with van der Waals surface area (Å²) in [4.78, 5) is 18.6. The van der Waals surface area contributed by atoms with Crippen molar-refractivity contribution in [3.05, 3.63) is 29.3 Å². The largest absolute Gasteiger partial charge is 0.333 e. The number of thiazole rings is 1. The topological polar surface area (TPSA) is 70.2 Å². The van der Waals surface area contributed by atoms with Gasteiger partial charge in [-0.2, -0.15) is 5.26 Å². The van der Waals surface area contributed by atoms with E-state index in [1.165, 1.54) is 9.60 Å². The van der Waals surface area contributed by atoms with Gasteiger partial charge >= 0.3 is 0 Å². The molecule has 2 N–H and O–H groups in total. The molecule has 25 heavy (non-hydrogen) atoms. The van der Waals surface area contributed by atoms with Crippen LogP contribution in [0.15, 0.2) is 24.3 Å². The highest BCUT2D eigenvalue weighted by atomic mass is 32.1. The second kappa shape index (κ2) is 6.74. The van der Waals surface area contributed by atoms with E-state index >= 15 is 0 Å². The molecule has 130 valence electrons. The molecule has 2 atom stereocenters. The van der Waals surface area contributed by atoms with Gasteiger partial charge < -0.3 is 10.2 Å². The van der Waals surface area contributed by atoms with Crippen LogP contribution in [0, 0.1) is 11.3 Å². The number of quaternary nitrogens is 1. The van der Waals surface area contributed by atoms with Crippen LogP contribution in [0.3, 0.4) is 0 Å². The summed E-state index contributed by atoms with van der Waals surface area (Å²) in [5.41, 5.74) is 0.425. The van der Waals surface area contributed by atoms with Crippen molar-refractivity contribution >= 4 is 27.5 Å². The molecule has 2 fully saturated rings. The lowest BCUT2D eigenvalue weighted by Crippen LogP contribution is -3.11. The Hall–Kier alpha value is -1.97. The number of likely N-dealkylation sites (tertiary alicyclic amines) is 1. The van der Waals surface area contributed by atoms with Crippen LogP contribution in [0.25, 0.3) is 10.2 Å². The molecule has 1 aliphatic carbocycles. The van der Waals surface area contributed by atoms with Crippen LogP contribution in [-0.4, -0.2) is 29.5 Å². The van der Waals surface area contributed by atoms with Crippen LogP contribution >= 0.6 is 11.3 Å². The number of aromatic nitrogens is 1. The summed E-state index contributed by atoms with van der Waals surface area (Å²) in [6.07, 6.45) is 5.81. The summed E-state index contributed by atoms with van der Waals surface area (Å²) in [6.45, 7) is 1.43. The Labute approximate surface area is 151 Å². The number of nitrogens with zero attached hydrogens (tertiary/aromatic N) is 2. The van der Waals surface area contributed by atoms with Crippen molar-refractivity contribution in [1.29, 1.82) is 5.26 Å². The van der Waals surface area contributed by atoms with Crippen molar-refractivity contribution in [3.8, 4) is 6.07 Å². The molecule has 1 aliphatic heterocycles. The van der Waals surface area contributed by atoms with Gasteiger partial charge in [0.15, 0.2) is 11.6 Å². The summed E-state index contributed by atoms with van der Waals surface area (Å²) in [6, 6.07) is 10.9. The highest BCUT2D eigenvalue weighted by molar-refractivity contribution is 7.18. The minimum absolute atomic E-state index is 0.00598. The SMILES string of the molecule is N#CC1(NC(=O)C[NH+]2CCC[C@@H]2c2nc3ccccc3s2)CCCC1. The Bertz CT molecular complexity index is 785. The van der Waals surface area contributed by atoms with Gasteiger partial charge in [-0.25, -0.2) is 4.98 Å². The van der Waals surface area contributed by atoms with Crippen LogP contribution in [0.2, 0.25) is 0 Å². The zero-order valence-electron chi connectivity index (χ0n) is 14.3. The molecule has 0 bridgehead atoms. The Morgan fingerprint density at radius 3 is 2.92 bits per heavy atom. The Kier molecular flexibility index (Phi) is 4.45. The zero-order valence-corrected chi connectivity index (χ0v) is 15.1. The van der Waals surface area contributed by atoms with Crippen LogP contribution in [0.4, 0.5) is 0 Å².